The molecule has 0 saturated carbocycles. The minimum Gasteiger partial charge on any atom is -0.322 e. The zero-order valence-corrected chi connectivity index (χ0v) is 18.5. The Kier molecular flexibility index (Phi) is 6.19. The molecule has 0 aliphatic carbocycles. The number of nitrogens with one attached hydrogen (secondary N) is 2. The maximum absolute atomic E-state index is 12.6. The summed E-state index contributed by atoms with van der Waals surface area (Å²) in [5, 5.41) is 3.09. The number of carbonyl (C=O) groups excluding carboxylic acids is 1. The number of sulfonamides is 1. The molecule has 0 aromatic heterocycles. The summed E-state index contributed by atoms with van der Waals surface area (Å²) in [6, 6.07) is 20.0. The van der Waals surface area contributed by atoms with Crippen LogP contribution >= 0.6 is 11.6 Å². The molecule has 0 saturated heterocycles. The van der Waals surface area contributed by atoms with Gasteiger partial charge < -0.3 is 5.32 Å². The van der Waals surface area contributed by atoms with Gasteiger partial charge in [-0.3, -0.25) is 9.52 Å². The van der Waals surface area contributed by atoms with E-state index in [4.69, 9.17) is 11.6 Å². The van der Waals surface area contributed by atoms with Crippen LogP contribution in [-0.4, -0.2) is 14.3 Å². The number of anilines is 2. The van der Waals surface area contributed by atoms with Crippen LogP contribution in [0.15, 0.2) is 77.7 Å². The second kappa shape index (κ2) is 8.50. The van der Waals surface area contributed by atoms with Crippen LogP contribution < -0.4 is 10.0 Å². The zero-order valence-electron chi connectivity index (χ0n) is 16.9. The highest BCUT2D eigenvalue weighted by molar-refractivity contribution is 7.92. The van der Waals surface area contributed by atoms with Crippen molar-refractivity contribution in [2.45, 2.75) is 31.1 Å². The smallest absolute Gasteiger partial charge is 0.261 e. The lowest BCUT2D eigenvalue weighted by molar-refractivity contribution is 0.102. The van der Waals surface area contributed by atoms with Crippen molar-refractivity contribution in [1.29, 1.82) is 0 Å². The van der Waals surface area contributed by atoms with Gasteiger partial charge in [0.05, 0.1) is 15.6 Å². The second-order valence-corrected chi connectivity index (χ2v) is 9.98. The average molecular weight is 443 g/mol. The molecule has 0 atom stereocenters. The maximum Gasteiger partial charge on any atom is 0.261 e. The third-order valence-corrected chi connectivity index (χ3v) is 6.26. The molecule has 30 heavy (non-hydrogen) atoms. The maximum atomic E-state index is 12.6. The Morgan fingerprint density at radius 3 is 2.03 bits per heavy atom. The molecule has 1 amide bonds. The SMILES string of the molecule is CC(C)(C)c1ccc(C(=O)Nc2ccc(S(=O)(=O)Nc3ccccc3Cl)cc2)cc1. The average Bonchev–Trinajstić information content (AvgIpc) is 2.69. The van der Waals surface area contributed by atoms with Crippen molar-refractivity contribution in [1.82, 2.24) is 0 Å². The number of hydrogen-bond acceptors (Lipinski definition) is 3. The summed E-state index contributed by atoms with van der Waals surface area (Å²) in [6.45, 7) is 6.33. The summed E-state index contributed by atoms with van der Waals surface area (Å²) < 4.78 is 27.6. The van der Waals surface area contributed by atoms with Gasteiger partial charge in [-0.25, -0.2) is 8.42 Å². The molecule has 2 N–H and O–H groups in total. The lowest BCUT2D eigenvalue weighted by Gasteiger charge is -2.19. The van der Waals surface area contributed by atoms with E-state index < -0.39 is 10.0 Å². The molecule has 3 aromatic carbocycles. The van der Waals surface area contributed by atoms with Crippen LogP contribution in [0.5, 0.6) is 0 Å². The summed E-state index contributed by atoms with van der Waals surface area (Å²) in [6.07, 6.45) is 0. The first-order valence-electron chi connectivity index (χ1n) is 9.35. The molecule has 0 heterocycles. The Labute approximate surface area is 182 Å². The van der Waals surface area contributed by atoms with Crippen molar-refractivity contribution in [2.75, 3.05) is 10.0 Å². The van der Waals surface area contributed by atoms with E-state index in [1.807, 2.05) is 12.1 Å². The molecule has 0 spiro atoms. The monoisotopic (exact) mass is 442 g/mol. The zero-order chi connectivity index (χ0) is 21.9. The third kappa shape index (κ3) is 5.20. The Hall–Kier alpha value is -2.83. The van der Waals surface area contributed by atoms with Gasteiger partial charge in [-0.05, 0) is 59.5 Å². The van der Waals surface area contributed by atoms with Crippen molar-refractivity contribution in [3.05, 3.63) is 88.9 Å². The topological polar surface area (TPSA) is 75.3 Å². The molecule has 3 aromatic rings. The Bertz CT molecular complexity index is 1150. The summed E-state index contributed by atoms with van der Waals surface area (Å²) >= 11 is 6.02. The van der Waals surface area contributed by atoms with Gasteiger partial charge in [0.25, 0.3) is 15.9 Å². The van der Waals surface area contributed by atoms with Gasteiger partial charge in [0.15, 0.2) is 0 Å². The molecule has 0 fully saturated rings. The van der Waals surface area contributed by atoms with Crippen LogP contribution in [0.1, 0.15) is 36.7 Å². The van der Waals surface area contributed by atoms with Crippen LogP contribution in [0, 0.1) is 0 Å². The van der Waals surface area contributed by atoms with Crippen molar-refractivity contribution in [3.8, 4) is 0 Å². The van der Waals surface area contributed by atoms with E-state index in [1.54, 1.807) is 48.5 Å². The third-order valence-electron chi connectivity index (χ3n) is 4.55. The van der Waals surface area contributed by atoms with E-state index in [0.29, 0.717) is 22.0 Å². The Morgan fingerprint density at radius 1 is 0.867 bits per heavy atom. The fraction of sp³-hybridized carbons (Fsp3) is 0.174. The molecule has 7 heteroatoms. The predicted octanol–water partition coefficient (Wildman–Crippen LogP) is 5.69. The fourth-order valence-corrected chi connectivity index (χ4v) is 4.11. The summed E-state index contributed by atoms with van der Waals surface area (Å²) in [4.78, 5) is 12.5. The van der Waals surface area contributed by atoms with Crippen molar-refractivity contribution < 1.29 is 13.2 Å². The highest BCUT2D eigenvalue weighted by Crippen LogP contribution is 2.25. The van der Waals surface area contributed by atoms with E-state index >= 15 is 0 Å². The lowest BCUT2D eigenvalue weighted by atomic mass is 9.87. The first kappa shape index (κ1) is 21.9. The standard InChI is InChI=1S/C23H23ClN2O3S/c1-23(2,3)17-10-8-16(9-11-17)22(27)25-18-12-14-19(15-13-18)30(28,29)26-21-7-5-4-6-20(21)24/h4-15,26H,1-3H3,(H,25,27). The van der Waals surface area contributed by atoms with Crippen LogP contribution in [0.4, 0.5) is 11.4 Å². The molecular formula is C23H23ClN2O3S. The number of hydrogen-bond donors (Lipinski definition) is 2. The van der Waals surface area contributed by atoms with Gasteiger partial charge in [-0.15, -0.1) is 0 Å². The van der Waals surface area contributed by atoms with Gasteiger partial charge in [0, 0.05) is 11.3 Å². The number of halogens is 1. The number of para-hydroxylation sites is 1. The summed E-state index contributed by atoms with van der Waals surface area (Å²) in [5.74, 6) is -0.264. The van der Waals surface area contributed by atoms with Gasteiger partial charge in [-0.1, -0.05) is 56.6 Å². The van der Waals surface area contributed by atoms with Crippen LogP contribution in [-0.2, 0) is 15.4 Å². The van der Waals surface area contributed by atoms with Gasteiger partial charge >= 0.3 is 0 Å². The van der Waals surface area contributed by atoms with Gasteiger partial charge in [0.1, 0.15) is 0 Å². The summed E-state index contributed by atoms with van der Waals surface area (Å²) in [5.41, 5.74) is 2.47. The van der Waals surface area contributed by atoms with E-state index in [9.17, 15) is 13.2 Å². The molecule has 0 bridgehead atoms. The van der Waals surface area contributed by atoms with E-state index in [2.05, 4.69) is 30.8 Å². The lowest BCUT2D eigenvalue weighted by Crippen LogP contribution is -2.15. The van der Waals surface area contributed by atoms with E-state index in [0.717, 1.165) is 5.56 Å². The normalized spacial score (nSPS) is 11.7. The molecule has 0 radical (unpaired) electrons. The Morgan fingerprint density at radius 2 is 1.47 bits per heavy atom. The van der Waals surface area contributed by atoms with Crippen molar-refractivity contribution >= 4 is 38.9 Å². The molecule has 0 aliphatic heterocycles. The molecular weight excluding hydrogens is 420 g/mol. The molecule has 0 unspecified atom stereocenters. The van der Waals surface area contributed by atoms with Crippen LogP contribution in [0.25, 0.3) is 0 Å². The van der Waals surface area contributed by atoms with Crippen molar-refractivity contribution in [2.24, 2.45) is 0 Å². The number of rotatable bonds is 5. The predicted molar refractivity (Wildman–Crippen MR) is 122 cm³/mol. The minimum atomic E-state index is -3.80. The number of carbonyl (C=O) groups is 1. The molecule has 156 valence electrons. The molecule has 3 rings (SSSR count). The quantitative estimate of drug-likeness (QED) is 0.532. The molecule has 0 aliphatic rings. The minimum absolute atomic E-state index is 0.00828. The van der Waals surface area contributed by atoms with Gasteiger partial charge in [0.2, 0.25) is 0 Å². The highest BCUT2D eigenvalue weighted by atomic mass is 35.5. The first-order chi connectivity index (χ1) is 14.1. The van der Waals surface area contributed by atoms with E-state index in [-0.39, 0.29) is 16.2 Å². The summed E-state index contributed by atoms with van der Waals surface area (Å²) in [7, 11) is -3.80. The van der Waals surface area contributed by atoms with Crippen LogP contribution in [0.3, 0.4) is 0 Å². The first-order valence-corrected chi connectivity index (χ1v) is 11.2. The molecule has 5 nitrogen and oxygen atoms in total. The van der Waals surface area contributed by atoms with E-state index in [1.165, 1.54) is 12.1 Å². The highest BCUT2D eigenvalue weighted by Gasteiger charge is 2.17. The second-order valence-electron chi connectivity index (χ2n) is 7.89. The largest absolute Gasteiger partial charge is 0.322 e. The van der Waals surface area contributed by atoms with Gasteiger partial charge in [-0.2, -0.15) is 0 Å². The Balaban J connectivity index is 1.71. The van der Waals surface area contributed by atoms with Crippen molar-refractivity contribution in [3.63, 3.8) is 0 Å². The number of amides is 1. The van der Waals surface area contributed by atoms with Crippen LogP contribution in [0.2, 0.25) is 5.02 Å². The number of benzene rings is 3. The fourth-order valence-electron chi connectivity index (χ4n) is 2.79.